The standard InChI is InChI=1S/C25H40O5S/c1-19-7-5-10-23-24(19,3)14-11-20(2)25(23,4)15-12-21(18-30-31(26,27)28)8-6-9-22-13-16-29-17-22/h7,13,16-17,20-21,23H,5-6,8-12,14-15,18H2,1-4H3,(H,26,27,28)/t20-,21?,23+,24-,25+/m1/s1. The zero-order valence-electron chi connectivity index (χ0n) is 19.6. The van der Waals surface area contributed by atoms with Crippen LogP contribution in [-0.4, -0.2) is 19.6 Å². The quantitative estimate of drug-likeness (QED) is 0.319. The summed E-state index contributed by atoms with van der Waals surface area (Å²) in [5.74, 6) is 1.40. The van der Waals surface area contributed by atoms with Crippen molar-refractivity contribution in [2.45, 2.75) is 85.5 Å². The normalized spacial score (nSPS) is 32.4. The molecule has 1 saturated carbocycles. The highest BCUT2D eigenvalue weighted by Gasteiger charge is 2.52. The van der Waals surface area contributed by atoms with Crippen LogP contribution in [0.3, 0.4) is 0 Å². The maximum absolute atomic E-state index is 11.2. The summed E-state index contributed by atoms with van der Waals surface area (Å²) in [5.41, 5.74) is 3.21. The van der Waals surface area contributed by atoms with E-state index in [4.69, 9.17) is 13.2 Å². The highest BCUT2D eigenvalue weighted by molar-refractivity contribution is 7.80. The van der Waals surface area contributed by atoms with Crippen LogP contribution in [0.1, 0.15) is 84.6 Å². The Morgan fingerprint density at radius 1 is 1.29 bits per heavy atom. The van der Waals surface area contributed by atoms with E-state index in [0.717, 1.165) is 44.1 Å². The molecule has 1 aromatic rings. The SMILES string of the molecule is CC1=CCC[C@@H]2[C@@](C)(CCC(CCCc3ccoc3)COS(=O)(=O)O)[C@H](C)CC[C@]12C. The second-order valence-corrected chi connectivity index (χ2v) is 11.6. The van der Waals surface area contributed by atoms with E-state index in [2.05, 4.69) is 33.8 Å². The van der Waals surface area contributed by atoms with Crippen molar-refractivity contribution in [1.82, 2.24) is 0 Å². The summed E-state index contributed by atoms with van der Waals surface area (Å²) in [6.45, 7) is 9.67. The van der Waals surface area contributed by atoms with Gasteiger partial charge in [-0.05, 0) is 105 Å². The zero-order chi connectivity index (χ0) is 22.7. The molecule has 1 heterocycles. The van der Waals surface area contributed by atoms with Crippen molar-refractivity contribution in [3.63, 3.8) is 0 Å². The van der Waals surface area contributed by atoms with Gasteiger partial charge in [0.15, 0.2) is 0 Å². The fraction of sp³-hybridized carbons (Fsp3) is 0.760. The smallest absolute Gasteiger partial charge is 0.397 e. The molecular weight excluding hydrogens is 412 g/mol. The van der Waals surface area contributed by atoms with E-state index in [1.807, 2.05) is 6.07 Å². The van der Waals surface area contributed by atoms with Gasteiger partial charge in [-0.25, -0.2) is 4.18 Å². The average Bonchev–Trinajstić information content (AvgIpc) is 3.21. The fourth-order valence-corrected chi connectivity index (χ4v) is 6.73. The molecule has 1 aromatic heterocycles. The van der Waals surface area contributed by atoms with E-state index in [0.29, 0.717) is 11.8 Å². The van der Waals surface area contributed by atoms with Crippen LogP contribution in [0.25, 0.3) is 0 Å². The Hall–Kier alpha value is -1.11. The van der Waals surface area contributed by atoms with E-state index < -0.39 is 10.4 Å². The number of allylic oxidation sites excluding steroid dienone is 2. The largest absolute Gasteiger partial charge is 0.472 e. The third-order valence-electron chi connectivity index (χ3n) is 8.80. The number of aryl methyl sites for hydroxylation is 1. The van der Waals surface area contributed by atoms with Crippen molar-refractivity contribution in [2.75, 3.05) is 6.61 Å². The van der Waals surface area contributed by atoms with Crippen molar-refractivity contribution in [1.29, 1.82) is 0 Å². The van der Waals surface area contributed by atoms with Crippen LogP contribution in [0.5, 0.6) is 0 Å². The maximum atomic E-state index is 11.2. The van der Waals surface area contributed by atoms with Gasteiger partial charge in [0.1, 0.15) is 0 Å². The van der Waals surface area contributed by atoms with E-state index in [1.54, 1.807) is 18.1 Å². The summed E-state index contributed by atoms with van der Waals surface area (Å²) in [5, 5.41) is 0. The second-order valence-electron chi connectivity index (χ2n) is 10.5. The van der Waals surface area contributed by atoms with E-state index >= 15 is 0 Å². The molecule has 5 atom stereocenters. The number of rotatable bonds is 10. The Bertz CT molecular complexity index is 843. The van der Waals surface area contributed by atoms with Gasteiger partial charge in [-0.15, -0.1) is 0 Å². The molecule has 176 valence electrons. The van der Waals surface area contributed by atoms with Gasteiger partial charge in [0.05, 0.1) is 19.1 Å². The van der Waals surface area contributed by atoms with Gasteiger partial charge < -0.3 is 4.42 Å². The number of hydrogen-bond acceptors (Lipinski definition) is 4. The molecule has 0 aliphatic heterocycles. The van der Waals surface area contributed by atoms with Gasteiger partial charge in [0.25, 0.3) is 0 Å². The molecule has 5 nitrogen and oxygen atoms in total. The third kappa shape index (κ3) is 5.82. The molecule has 6 heteroatoms. The van der Waals surface area contributed by atoms with E-state index in [9.17, 15) is 8.42 Å². The first-order chi connectivity index (χ1) is 14.5. The minimum Gasteiger partial charge on any atom is -0.472 e. The molecule has 0 bridgehead atoms. The summed E-state index contributed by atoms with van der Waals surface area (Å²) in [6.07, 6.45) is 15.5. The molecule has 0 amide bonds. The Kier molecular flexibility index (Phi) is 7.75. The van der Waals surface area contributed by atoms with Gasteiger partial charge in [0.2, 0.25) is 0 Å². The lowest BCUT2D eigenvalue weighted by atomic mass is 9.47. The molecule has 3 rings (SSSR count). The minimum absolute atomic E-state index is 0.0511. The molecule has 0 saturated heterocycles. The summed E-state index contributed by atoms with van der Waals surface area (Å²) >= 11 is 0. The van der Waals surface area contributed by atoms with Crippen LogP contribution < -0.4 is 0 Å². The first-order valence-electron chi connectivity index (χ1n) is 11.8. The zero-order valence-corrected chi connectivity index (χ0v) is 20.4. The van der Waals surface area contributed by atoms with E-state index in [-0.39, 0.29) is 23.4 Å². The highest BCUT2D eigenvalue weighted by atomic mass is 32.3. The molecule has 1 unspecified atom stereocenters. The van der Waals surface area contributed by atoms with Crippen molar-refractivity contribution in [3.8, 4) is 0 Å². The summed E-state index contributed by atoms with van der Waals surface area (Å²) in [7, 11) is -4.42. The van der Waals surface area contributed by atoms with Gasteiger partial charge in [0, 0.05) is 0 Å². The van der Waals surface area contributed by atoms with E-state index in [1.165, 1.54) is 19.3 Å². The van der Waals surface area contributed by atoms with Gasteiger partial charge in [-0.1, -0.05) is 32.4 Å². The predicted octanol–water partition coefficient (Wildman–Crippen LogP) is 6.62. The van der Waals surface area contributed by atoms with Gasteiger partial charge in [-0.2, -0.15) is 8.42 Å². The Balaban J connectivity index is 1.67. The maximum Gasteiger partial charge on any atom is 0.397 e. The highest BCUT2D eigenvalue weighted by Crippen LogP contribution is 2.62. The predicted molar refractivity (Wildman–Crippen MR) is 123 cm³/mol. The molecular formula is C25H40O5S. The number of fused-ring (bicyclic) bond motifs is 1. The van der Waals surface area contributed by atoms with Crippen LogP contribution in [0, 0.1) is 28.6 Å². The van der Waals surface area contributed by atoms with Crippen molar-refractivity contribution >= 4 is 10.4 Å². The number of hydrogen-bond donors (Lipinski definition) is 1. The summed E-state index contributed by atoms with van der Waals surface area (Å²) < 4.78 is 41.5. The lowest BCUT2D eigenvalue weighted by Gasteiger charge is -2.58. The Labute approximate surface area is 188 Å². The molecule has 1 fully saturated rings. The first-order valence-corrected chi connectivity index (χ1v) is 13.2. The molecule has 2 aliphatic rings. The average molecular weight is 453 g/mol. The van der Waals surface area contributed by atoms with Crippen LogP contribution in [-0.2, 0) is 21.0 Å². The van der Waals surface area contributed by atoms with Gasteiger partial charge in [-0.3, -0.25) is 4.55 Å². The molecule has 1 N–H and O–H groups in total. The summed E-state index contributed by atoms with van der Waals surface area (Å²) in [6, 6.07) is 1.97. The second kappa shape index (κ2) is 9.80. The molecule has 31 heavy (non-hydrogen) atoms. The fourth-order valence-electron chi connectivity index (χ4n) is 6.37. The third-order valence-corrected chi connectivity index (χ3v) is 9.23. The van der Waals surface area contributed by atoms with Crippen molar-refractivity contribution in [2.24, 2.45) is 28.6 Å². The van der Waals surface area contributed by atoms with Crippen LogP contribution >= 0.6 is 0 Å². The van der Waals surface area contributed by atoms with Crippen molar-refractivity contribution in [3.05, 3.63) is 35.8 Å². The molecule has 0 spiro atoms. The minimum atomic E-state index is -4.42. The monoisotopic (exact) mass is 452 g/mol. The topological polar surface area (TPSA) is 76.7 Å². The molecule has 0 aromatic carbocycles. The van der Waals surface area contributed by atoms with Crippen LogP contribution in [0.15, 0.2) is 34.7 Å². The number of furan rings is 1. The van der Waals surface area contributed by atoms with Crippen LogP contribution in [0.2, 0.25) is 0 Å². The summed E-state index contributed by atoms with van der Waals surface area (Å²) in [4.78, 5) is 0. The Morgan fingerprint density at radius 3 is 2.74 bits per heavy atom. The lowest BCUT2D eigenvalue weighted by molar-refractivity contribution is -0.0514. The van der Waals surface area contributed by atoms with Crippen LogP contribution in [0.4, 0.5) is 0 Å². The Morgan fingerprint density at radius 2 is 2.06 bits per heavy atom. The lowest BCUT2D eigenvalue weighted by Crippen LogP contribution is -2.49. The van der Waals surface area contributed by atoms with Crippen molar-refractivity contribution < 1.29 is 21.6 Å². The molecule has 0 radical (unpaired) electrons. The van der Waals surface area contributed by atoms with Gasteiger partial charge >= 0.3 is 10.4 Å². The first kappa shape index (κ1) is 24.5. The molecule has 2 aliphatic carbocycles.